The predicted octanol–water partition coefficient (Wildman–Crippen LogP) is 5.28. The predicted molar refractivity (Wildman–Crippen MR) is 93.9 cm³/mol. The number of aromatic hydroxyl groups is 1. The molecule has 0 atom stereocenters. The van der Waals surface area contributed by atoms with Crippen LogP contribution in [0.4, 0.5) is 0 Å². The molecular formula is C21H16O2. The summed E-state index contributed by atoms with van der Waals surface area (Å²) in [7, 11) is 0. The maximum absolute atomic E-state index is 9.97. The van der Waals surface area contributed by atoms with Crippen molar-refractivity contribution in [3.8, 4) is 11.5 Å². The molecule has 4 aromatic carbocycles. The number of ether oxygens (including phenoxy) is 1. The van der Waals surface area contributed by atoms with Crippen LogP contribution in [-0.4, -0.2) is 5.11 Å². The molecule has 112 valence electrons. The van der Waals surface area contributed by atoms with Crippen LogP contribution in [0.25, 0.3) is 21.5 Å². The molecule has 0 fully saturated rings. The maximum atomic E-state index is 9.97. The van der Waals surface area contributed by atoms with Crippen LogP contribution < -0.4 is 4.74 Å². The van der Waals surface area contributed by atoms with E-state index >= 15 is 0 Å². The number of benzene rings is 4. The van der Waals surface area contributed by atoms with Crippen molar-refractivity contribution in [3.05, 3.63) is 84.4 Å². The van der Waals surface area contributed by atoms with Gasteiger partial charge in [0.05, 0.1) is 0 Å². The molecule has 0 heterocycles. The third-order valence-electron chi connectivity index (χ3n) is 4.12. The summed E-state index contributed by atoms with van der Waals surface area (Å²) in [5.41, 5.74) is 1.15. The highest BCUT2D eigenvalue weighted by Crippen LogP contribution is 2.32. The van der Waals surface area contributed by atoms with Crippen LogP contribution in [0.3, 0.4) is 0 Å². The number of phenolic OH excluding ortho intramolecular Hbond substituents is 1. The minimum absolute atomic E-state index is 0.276. The lowest BCUT2D eigenvalue weighted by molar-refractivity contribution is 0.311. The molecule has 23 heavy (non-hydrogen) atoms. The van der Waals surface area contributed by atoms with Crippen molar-refractivity contribution < 1.29 is 9.84 Å². The summed E-state index contributed by atoms with van der Waals surface area (Å²) < 4.78 is 6.06. The van der Waals surface area contributed by atoms with Crippen LogP contribution >= 0.6 is 0 Å². The second-order valence-corrected chi connectivity index (χ2v) is 5.56. The Kier molecular flexibility index (Phi) is 3.35. The van der Waals surface area contributed by atoms with Crippen LogP contribution in [0.1, 0.15) is 5.56 Å². The molecule has 1 N–H and O–H groups in total. The molecule has 0 bridgehead atoms. The van der Waals surface area contributed by atoms with Crippen molar-refractivity contribution in [2.24, 2.45) is 0 Å². The third kappa shape index (κ3) is 2.49. The molecular weight excluding hydrogens is 284 g/mol. The topological polar surface area (TPSA) is 29.5 Å². The Morgan fingerprint density at radius 2 is 1.35 bits per heavy atom. The van der Waals surface area contributed by atoms with Gasteiger partial charge in [-0.2, -0.15) is 0 Å². The molecule has 0 aliphatic heterocycles. The van der Waals surface area contributed by atoms with Gasteiger partial charge in [0.1, 0.15) is 18.1 Å². The SMILES string of the molecule is Oc1cccc2c(OCc3cccc4ccccc34)cccc12. The van der Waals surface area contributed by atoms with Crippen molar-refractivity contribution in [1.82, 2.24) is 0 Å². The third-order valence-corrected chi connectivity index (χ3v) is 4.12. The Labute approximate surface area is 134 Å². The van der Waals surface area contributed by atoms with Crippen molar-refractivity contribution in [2.75, 3.05) is 0 Å². The first-order chi connectivity index (χ1) is 11.3. The zero-order chi connectivity index (χ0) is 15.6. The van der Waals surface area contributed by atoms with Crippen LogP contribution in [0, 0.1) is 0 Å². The molecule has 4 aromatic rings. The maximum Gasteiger partial charge on any atom is 0.127 e. The average Bonchev–Trinajstić information content (AvgIpc) is 2.60. The summed E-state index contributed by atoms with van der Waals surface area (Å²) in [5.74, 6) is 1.06. The standard InChI is InChI=1S/C21H16O2/c22-20-12-4-11-19-18(20)10-5-13-21(19)23-14-16-8-3-7-15-6-1-2-9-17(15)16/h1-13,22H,14H2. The van der Waals surface area contributed by atoms with E-state index in [1.54, 1.807) is 6.07 Å². The number of rotatable bonds is 3. The van der Waals surface area contributed by atoms with E-state index < -0.39 is 0 Å². The molecule has 0 spiro atoms. The first kappa shape index (κ1) is 13.6. The Balaban J connectivity index is 1.70. The summed E-state index contributed by atoms with van der Waals surface area (Å²) in [4.78, 5) is 0. The van der Waals surface area contributed by atoms with Crippen LogP contribution in [-0.2, 0) is 6.61 Å². The van der Waals surface area contributed by atoms with Crippen LogP contribution in [0.15, 0.2) is 78.9 Å². The molecule has 0 aliphatic carbocycles. The van der Waals surface area contributed by atoms with Gasteiger partial charge in [0.15, 0.2) is 0 Å². The molecule has 0 saturated carbocycles. The minimum atomic E-state index is 0.276. The average molecular weight is 300 g/mol. The van der Waals surface area contributed by atoms with E-state index in [2.05, 4.69) is 30.3 Å². The summed E-state index contributed by atoms with van der Waals surface area (Å²) in [6.07, 6.45) is 0. The fourth-order valence-electron chi connectivity index (χ4n) is 2.96. The fraction of sp³-hybridized carbons (Fsp3) is 0.0476. The van der Waals surface area contributed by atoms with Gasteiger partial charge in [-0.3, -0.25) is 0 Å². The molecule has 0 aliphatic rings. The molecule has 0 radical (unpaired) electrons. The van der Waals surface area contributed by atoms with E-state index in [0.29, 0.717) is 6.61 Å². The van der Waals surface area contributed by atoms with Gasteiger partial charge in [0.2, 0.25) is 0 Å². The highest BCUT2D eigenvalue weighted by molar-refractivity contribution is 5.92. The smallest absolute Gasteiger partial charge is 0.127 e. The van der Waals surface area contributed by atoms with Crippen molar-refractivity contribution in [1.29, 1.82) is 0 Å². The van der Waals surface area contributed by atoms with Crippen LogP contribution in [0.5, 0.6) is 11.5 Å². The van der Waals surface area contributed by atoms with Crippen molar-refractivity contribution in [3.63, 3.8) is 0 Å². The van der Waals surface area contributed by atoms with Gasteiger partial charge in [-0.1, -0.05) is 66.7 Å². The zero-order valence-electron chi connectivity index (χ0n) is 12.6. The van der Waals surface area contributed by atoms with Crippen LogP contribution in [0.2, 0.25) is 0 Å². The quantitative estimate of drug-likeness (QED) is 0.558. The van der Waals surface area contributed by atoms with Crippen molar-refractivity contribution in [2.45, 2.75) is 6.61 Å². The van der Waals surface area contributed by atoms with E-state index in [4.69, 9.17) is 4.74 Å². The van der Waals surface area contributed by atoms with Gasteiger partial charge in [0.25, 0.3) is 0 Å². The molecule has 0 unspecified atom stereocenters. The first-order valence-corrected chi connectivity index (χ1v) is 7.63. The van der Waals surface area contributed by atoms with Gasteiger partial charge >= 0.3 is 0 Å². The van der Waals surface area contributed by atoms with Gasteiger partial charge in [-0.15, -0.1) is 0 Å². The number of fused-ring (bicyclic) bond motifs is 2. The van der Waals surface area contributed by atoms with E-state index in [9.17, 15) is 5.11 Å². The zero-order valence-corrected chi connectivity index (χ0v) is 12.6. The lowest BCUT2D eigenvalue weighted by Gasteiger charge is -2.11. The summed E-state index contributed by atoms with van der Waals surface area (Å²) in [6.45, 7) is 0.496. The molecule has 4 rings (SSSR count). The fourth-order valence-corrected chi connectivity index (χ4v) is 2.96. The Bertz CT molecular complexity index is 984. The highest BCUT2D eigenvalue weighted by Gasteiger charge is 2.06. The molecule has 0 amide bonds. The molecule has 0 saturated heterocycles. The normalized spacial score (nSPS) is 11.0. The van der Waals surface area contributed by atoms with Gasteiger partial charge in [-0.25, -0.2) is 0 Å². The highest BCUT2D eigenvalue weighted by atomic mass is 16.5. The summed E-state index contributed by atoms with van der Waals surface area (Å²) >= 11 is 0. The van der Waals surface area contributed by atoms with Gasteiger partial charge in [-0.05, 0) is 28.5 Å². The lowest BCUT2D eigenvalue weighted by atomic mass is 10.1. The minimum Gasteiger partial charge on any atom is -0.507 e. The van der Waals surface area contributed by atoms with E-state index in [1.807, 2.05) is 42.5 Å². The summed E-state index contributed by atoms with van der Waals surface area (Å²) in [5, 5.41) is 14.1. The second kappa shape index (κ2) is 5.65. The van der Waals surface area contributed by atoms with E-state index in [0.717, 1.165) is 22.1 Å². The molecule has 2 nitrogen and oxygen atoms in total. The molecule has 2 heteroatoms. The summed E-state index contributed by atoms with van der Waals surface area (Å²) in [6, 6.07) is 25.8. The van der Waals surface area contributed by atoms with E-state index in [-0.39, 0.29) is 5.75 Å². The molecule has 0 aromatic heterocycles. The second-order valence-electron chi connectivity index (χ2n) is 5.56. The van der Waals surface area contributed by atoms with Gasteiger partial charge < -0.3 is 9.84 Å². The lowest BCUT2D eigenvalue weighted by Crippen LogP contribution is -1.97. The Morgan fingerprint density at radius 1 is 0.652 bits per heavy atom. The largest absolute Gasteiger partial charge is 0.507 e. The Morgan fingerprint density at radius 3 is 2.30 bits per heavy atom. The number of hydrogen-bond acceptors (Lipinski definition) is 2. The van der Waals surface area contributed by atoms with Crippen molar-refractivity contribution >= 4 is 21.5 Å². The first-order valence-electron chi connectivity index (χ1n) is 7.63. The van der Waals surface area contributed by atoms with Gasteiger partial charge in [0, 0.05) is 10.8 Å². The monoisotopic (exact) mass is 300 g/mol. The number of hydrogen-bond donors (Lipinski definition) is 1. The number of phenols is 1. The Hall–Kier alpha value is -3.00. The van der Waals surface area contributed by atoms with E-state index in [1.165, 1.54) is 10.8 Å².